The Balaban J connectivity index is 1.27. The van der Waals surface area contributed by atoms with E-state index < -0.39 is 0 Å². The van der Waals surface area contributed by atoms with Gasteiger partial charge in [-0.25, -0.2) is 0 Å². The molecule has 0 spiro atoms. The number of aliphatic imine (C=N–C) groups is 1. The molecule has 5 heteroatoms. The SMILES string of the molecule is CCNC(=NCC1(c2ccccc2)CC1)N1CCC(OCC2CCCCO2)CC1. The Hall–Kier alpha value is -1.59. The van der Waals surface area contributed by atoms with Crippen LogP contribution in [0, 0.1) is 0 Å². The van der Waals surface area contributed by atoms with Gasteiger partial charge in [-0.15, -0.1) is 0 Å². The molecule has 4 rings (SSSR count). The number of hydrogen-bond acceptors (Lipinski definition) is 3. The lowest BCUT2D eigenvalue weighted by molar-refractivity contribution is -0.0721. The minimum Gasteiger partial charge on any atom is -0.376 e. The van der Waals surface area contributed by atoms with Gasteiger partial charge in [0, 0.05) is 31.7 Å². The van der Waals surface area contributed by atoms with E-state index in [9.17, 15) is 0 Å². The number of rotatable bonds is 7. The van der Waals surface area contributed by atoms with Crippen molar-refractivity contribution in [3.8, 4) is 0 Å². The van der Waals surface area contributed by atoms with Gasteiger partial charge in [0.2, 0.25) is 0 Å². The predicted octanol–water partition coefficient (Wildman–Crippen LogP) is 3.73. The Morgan fingerprint density at radius 1 is 1.17 bits per heavy atom. The third-order valence-corrected chi connectivity index (χ3v) is 6.64. The molecule has 1 aliphatic carbocycles. The Morgan fingerprint density at radius 3 is 2.62 bits per heavy atom. The van der Waals surface area contributed by atoms with Crippen LogP contribution in [-0.4, -0.2) is 62.5 Å². The van der Waals surface area contributed by atoms with Crippen LogP contribution in [0.2, 0.25) is 0 Å². The van der Waals surface area contributed by atoms with E-state index in [4.69, 9.17) is 14.5 Å². The van der Waals surface area contributed by atoms with Crippen LogP contribution in [0.25, 0.3) is 0 Å². The molecule has 2 aliphatic heterocycles. The summed E-state index contributed by atoms with van der Waals surface area (Å²) in [7, 11) is 0. The summed E-state index contributed by atoms with van der Waals surface area (Å²) in [5.74, 6) is 1.07. The van der Waals surface area contributed by atoms with Crippen LogP contribution < -0.4 is 5.32 Å². The topological polar surface area (TPSA) is 46.1 Å². The van der Waals surface area contributed by atoms with Crippen molar-refractivity contribution >= 4 is 5.96 Å². The second kappa shape index (κ2) is 9.94. The summed E-state index contributed by atoms with van der Waals surface area (Å²) >= 11 is 0. The maximum absolute atomic E-state index is 6.18. The highest BCUT2D eigenvalue weighted by molar-refractivity contribution is 5.80. The fourth-order valence-electron chi connectivity index (χ4n) is 4.55. The van der Waals surface area contributed by atoms with E-state index in [0.29, 0.717) is 12.2 Å². The quantitative estimate of drug-likeness (QED) is 0.561. The highest BCUT2D eigenvalue weighted by Gasteiger charge is 2.44. The first-order valence-corrected chi connectivity index (χ1v) is 11.6. The van der Waals surface area contributed by atoms with E-state index >= 15 is 0 Å². The molecule has 2 saturated heterocycles. The average Bonchev–Trinajstić information content (AvgIpc) is 3.58. The molecule has 1 unspecified atom stereocenters. The summed E-state index contributed by atoms with van der Waals surface area (Å²) in [6, 6.07) is 10.9. The molecule has 0 aromatic heterocycles. The van der Waals surface area contributed by atoms with Gasteiger partial charge in [0.25, 0.3) is 0 Å². The number of benzene rings is 1. The molecule has 0 amide bonds. The number of hydrogen-bond donors (Lipinski definition) is 1. The molecule has 1 saturated carbocycles. The fraction of sp³-hybridized carbons (Fsp3) is 0.708. The smallest absolute Gasteiger partial charge is 0.193 e. The third kappa shape index (κ3) is 5.52. The van der Waals surface area contributed by atoms with Crippen LogP contribution in [-0.2, 0) is 14.9 Å². The van der Waals surface area contributed by atoms with E-state index in [0.717, 1.165) is 64.6 Å². The maximum Gasteiger partial charge on any atom is 0.193 e. The zero-order valence-corrected chi connectivity index (χ0v) is 17.9. The summed E-state index contributed by atoms with van der Waals surface area (Å²) in [6.45, 7) is 7.64. The minimum atomic E-state index is 0.267. The Labute approximate surface area is 175 Å². The lowest BCUT2D eigenvalue weighted by atomic mass is 9.96. The Morgan fingerprint density at radius 2 is 1.97 bits per heavy atom. The molecule has 1 N–H and O–H groups in total. The van der Waals surface area contributed by atoms with Gasteiger partial charge in [-0.1, -0.05) is 30.3 Å². The van der Waals surface area contributed by atoms with Gasteiger partial charge in [0.05, 0.1) is 25.4 Å². The first kappa shape index (κ1) is 20.7. The molecule has 3 aliphatic rings. The molecule has 0 bridgehead atoms. The van der Waals surface area contributed by atoms with Gasteiger partial charge < -0.3 is 19.7 Å². The summed E-state index contributed by atoms with van der Waals surface area (Å²) in [6.07, 6.45) is 8.94. The molecule has 160 valence electrons. The molecule has 2 heterocycles. The normalized spacial score (nSPS) is 25.1. The van der Waals surface area contributed by atoms with E-state index in [-0.39, 0.29) is 5.41 Å². The van der Waals surface area contributed by atoms with Crippen molar-refractivity contribution in [1.29, 1.82) is 0 Å². The number of nitrogens with zero attached hydrogens (tertiary/aromatic N) is 2. The predicted molar refractivity (Wildman–Crippen MR) is 117 cm³/mol. The van der Waals surface area contributed by atoms with Crippen molar-refractivity contribution in [3.05, 3.63) is 35.9 Å². The van der Waals surface area contributed by atoms with Gasteiger partial charge in [0.15, 0.2) is 5.96 Å². The number of likely N-dealkylation sites (tertiary alicyclic amines) is 1. The lowest BCUT2D eigenvalue weighted by Gasteiger charge is -2.35. The van der Waals surface area contributed by atoms with Gasteiger partial charge in [-0.05, 0) is 57.4 Å². The summed E-state index contributed by atoms with van der Waals surface area (Å²) in [5.41, 5.74) is 1.71. The zero-order valence-electron chi connectivity index (χ0n) is 17.9. The van der Waals surface area contributed by atoms with Crippen LogP contribution in [0.15, 0.2) is 35.3 Å². The van der Waals surface area contributed by atoms with E-state index in [1.807, 2.05) is 0 Å². The Bertz CT molecular complexity index is 645. The fourth-order valence-corrected chi connectivity index (χ4v) is 4.55. The van der Waals surface area contributed by atoms with Gasteiger partial charge in [0.1, 0.15) is 0 Å². The van der Waals surface area contributed by atoms with Crippen LogP contribution in [0.4, 0.5) is 0 Å². The third-order valence-electron chi connectivity index (χ3n) is 6.64. The largest absolute Gasteiger partial charge is 0.376 e. The molecule has 3 fully saturated rings. The molecule has 1 aromatic carbocycles. The average molecular weight is 400 g/mol. The van der Waals surface area contributed by atoms with E-state index in [1.54, 1.807) is 0 Å². The van der Waals surface area contributed by atoms with Crippen molar-refractivity contribution in [2.24, 2.45) is 4.99 Å². The summed E-state index contributed by atoms with van der Waals surface area (Å²) < 4.78 is 12.0. The first-order chi connectivity index (χ1) is 14.3. The highest BCUT2D eigenvalue weighted by atomic mass is 16.5. The second-order valence-electron chi connectivity index (χ2n) is 8.82. The standard InChI is InChI=1S/C24H37N3O2/c1-2-25-23(26-19-24(13-14-24)20-8-4-3-5-9-20)27-15-11-21(12-16-27)29-18-22-10-6-7-17-28-22/h3-5,8-9,21-22H,2,6-7,10-19H2,1H3,(H,25,26). The zero-order chi connectivity index (χ0) is 19.9. The van der Waals surface area contributed by atoms with E-state index in [2.05, 4.69) is 47.5 Å². The number of piperidine rings is 1. The number of nitrogens with one attached hydrogen (secondary N) is 1. The van der Waals surface area contributed by atoms with Crippen molar-refractivity contribution < 1.29 is 9.47 Å². The summed E-state index contributed by atoms with van der Waals surface area (Å²) in [4.78, 5) is 7.48. The van der Waals surface area contributed by atoms with Crippen molar-refractivity contribution in [2.45, 2.75) is 69.5 Å². The van der Waals surface area contributed by atoms with E-state index in [1.165, 1.54) is 31.2 Å². The molecule has 1 aromatic rings. The lowest BCUT2D eigenvalue weighted by Crippen LogP contribution is -2.47. The number of ether oxygens (including phenoxy) is 2. The highest BCUT2D eigenvalue weighted by Crippen LogP contribution is 2.48. The molecular formula is C24H37N3O2. The van der Waals surface area contributed by atoms with Crippen LogP contribution in [0.1, 0.15) is 57.4 Å². The van der Waals surface area contributed by atoms with Gasteiger partial charge in [-0.3, -0.25) is 4.99 Å². The van der Waals surface area contributed by atoms with Crippen LogP contribution >= 0.6 is 0 Å². The maximum atomic E-state index is 6.18. The number of guanidine groups is 1. The second-order valence-corrected chi connectivity index (χ2v) is 8.82. The Kier molecular flexibility index (Phi) is 7.09. The van der Waals surface area contributed by atoms with Gasteiger partial charge in [-0.2, -0.15) is 0 Å². The van der Waals surface area contributed by atoms with Gasteiger partial charge >= 0.3 is 0 Å². The van der Waals surface area contributed by atoms with Crippen LogP contribution in [0.3, 0.4) is 0 Å². The van der Waals surface area contributed by atoms with Crippen molar-refractivity contribution in [3.63, 3.8) is 0 Å². The summed E-state index contributed by atoms with van der Waals surface area (Å²) in [5, 5.41) is 3.52. The van der Waals surface area contributed by atoms with Crippen molar-refractivity contribution in [2.75, 3.05) is 39.4 Å². The minimum absolute atomic E-state index is 0.267. The first-order valence-electron chi connectivity index (χ1n) is 11.6. The monoisotopic (exact) mass is 399 g/mol. The molecule has 29 heavy (non-hydrogen) atoms. The molecule has 5 nitrogen and oxygen atoms in total. The van der Waals surface area contributed by atoms with Crippen LogP contribution in [0.5, 0.6) is 0 Å². The molecule has 1 atom stereocenters. The molecular weight excluding hydrogens is 362 g/mol. The molecule has 0 radical (unpaired) electrons. The van der Waals surface area contributed by atoms with Crippen molar-refractivity contribution in [1.82, 2.24) is 10.2 Å².